The number of nitrogens with zero attached hydrogens (tertiary/aromatic N) is 2. The first-order valence-electron chi connectivity index (χ1n) is 7.31. The first-order chi connectivity index (χ1) is 10.7. The van der Waals surface area contributed by atoms with Crippen molar-refractivity contribution in [1.29, 1.82) is 0 Å². The van der Waals surface area contributed by atoms with Crippen molar-refractivity contribution in [2.75, 3.05) is 13.1 Å². The van der Waals surface area contributed by atoms with Crippen LogP contribution >= 0.6 is 0 Å². The highest BCUT2D eigenvalue weighted by Crippen LogP contribution is 2.12. The van der Waals surface area contributed by atoms with E-state index in [2.05, 4.69) is 10.3 Å². The zero-order chi connectivity index (χ0) is 15.4. The summed E-state index contributed by atoms with van der Waals surface area (Å²) in [6.45, 7) is 1.81. The van der Waals surface area contributed by atoms with E-state index in [0.29, 0.717) is 11.5 Å². The Morgan fingerprint density at radius 3 is 2.64 bits per heavy atom. The van der Waals surface area contributed by atoms with Crippen LogP contribution in [0.3, 0.4) is 0 Å². The first kappa shape index (κ1) is 14.3. The van der Waals surface area contributed by atoms with E-state index in [-0.39, 0.29) is 24.1 Å². The van der Waals surface area contributed by atoms with E-state index < -0.39 is 0 Å². The predicted octanol–water partition coefficient (Wildman–Crippen LogP) is 1.84. The second-order valence-corrected chi connectivity index (χ2v) is 5.17. The molecule has 3 rings (SSSR count). The summed E-state index contributed by atoms with van der Waals surface area (Å²) in [5, 5.41) is 2.72. The molecule has 2 aromatic heterocycles. The van der Waals surface area contributed by atoms with Gasteiger partial charge in [-0.1, -0.05) is 6.07 Å². The van der Waals surface area contributed by atoms with Crippen LogP contribution in [-0.2, 0) is 6.54 Å². The van der Waals surface area contributed by atoms with Gasteiger partial charge in [0, 0.05) is 13.1 Å². The fourth-order valence-electron chi connectivity index (χ4n) is 2.43. The van der Waals surface area contributed by atoms with Gasteiger partial charge in [0.15, 0.2) is 0 Å². The van der Waals surface area contributed by atoms with Crippen LogP contribution < -0.4 is 5.32 Å². The molecule has 22 heavy (non-hydrogen) atoms. The zero-order valence-electron chi connectivity index (χ0n) is 12.1. The van der Waals surface area contributed by atoms with Gasteiger partial charge in [0.05, 0.1) is 12.8 Å². The van der Waals surface area contributed by atoms with Crippen molar-refractivity contribution in [1.82, 2.24) is 15.2 Å². The second kappa shape index (κ2) is 6.43. The maximum Gasteiger partial charge on any atom is 0.272 e. The van der Waals surface area contributed by atoms with Gasteiger partial charge < -0.3 is 14.6 Å². The van der Waals surface area contributed by atoms with Crippen molar-refractivity contribution in [2.45, 2.75) is 19.4 Å². The average molecular weight is 299 g/mol. The lowest BCUT2D eigenvalue weighted by Crippen LogP contribution is -2.29. The molecule has 114 valence electrons. The van der Waals surface area contributed by atoms with E-state index in [4.69, 9.17) is 4.42 Å². The second-order valence-electron chi connectivity index (χ2n) is 5.17. The summed E-state index contributed by atoms with van der Waals surface area (Å²) in [5.41, 5.74) is 0.546. The van der Waals surface area contributed by atoms with Gasteiger partial charge in [0.1, 0.15) is 17.1 Å². The molecule has 0 aliphatic carbocycles. The lowest BCUT2D eigenvalue weighted by molar-refractivity contribution is 0.0787. The number of pyridine rings is 1. The minimum Gasteiger partial charge on any atom is -0.467 e. The largest absolute Gasteiger partial charge is 0.467 e. The molecular weight excluding hydrogens is 282 g/mol. The summed E-state index contributed by atoms with van der Waals surface area (Å²) in [6.07, 6.45) is 3.60. The lowest BCUT2D eigenvalue weighted by atomic mass is 10.2. The van der Waals surface area contributed by atoms with E-state index in [0.717, 1.165) is 25.9 Å². The van der Waals surface area contributed by atoms with E-state index in [1.165, 1.54) is 0 Å². The van der Waals surface area contributed by atoms with Gasteiger partial charge >= 0.3 is 0 Å². The molecule has 3 heterocycles. The molecule has 0 spiro atoms. The lowest BCUT2D eigenvalue weighted by Gasteiger charge is -2.14. The van der Waals surface area contributed by atoms with Crippen molar-refractivity contribution in [2.24, 2.45) is 0 Å². The highest BCUT2D eigenvalue weighted by atomic mass is 16.3. The van der Waals surface area contributed by atoms with Gasteiger partial charge in [0.2, 0.25) is 0 Å². The monoisotopic (exact) mass is 299 g/mol. The predicted molar refractivity (Wildman–Crippen MR) is 79.3 cm³/mol. The van der Waals surface area contributed by atoms with Crippen LogP contribution in [0, 0.1) is 0 Å². The number of nitrogens with one attached hydrogen (secondary N) is 1. The van der Waals surface area contributed by atoms with Crippen LogP contribution in [0.1, 0.15) is 39.6 Å². The molecule has 6 nitrogen and oxygen atoms in total. The molecule has 1 aliphatic heterocycles. The third kappa shape index (κ3) is 3.16. The van der Waals surface area contributed by atoms with Crippen molar-refractivity contribution < 1.29 is 14.0 Å². The van der Waals surface area contributed by atoms with Crippen LogP contribution in [0.5, 0.6) is 0 Å². The fourth-order valence-corrected chi connectivity index (χ4v) is 2.43. The van der Waals surface area contributed by atoms with E-state index in [1.807, 2.05) is 0 Å². The van der Waals surface area contributed by atoms with Gasteiger partial charge in [-0.15, -0.1) is 0 Å². The number of furan rings is 1. The number of rotatable bonds is 4. The molecule has 1 aliphatic rings. The molecule has 2 aromatic rings. The molecular formula is C16H17N3O3. The number of carbonyl (C=O) groups excluding carboxylic acids is 2. The molecule has 6 heteroatoms. The van der Waals surface area contributed by atoms with Crippen LogP contribution in [0.2, 0.25) is 0 Å². The first-order valence-corrected chi connectivity index (χ1v) is 7.31. The summed E-state index contributed by atoms with van der Waals surface area (Å²) in [6, 6.07) is 8.45. The minimum absolute atomic E-state index is 0.113. The van der Waals surface area contributed by atoms with Crippen LogP contribution in [0.25, 0.3) is 0 Å². The number of amides is 2. The SMILES string of the molecule is O=C(NCc1ccco1)c1cccc(C(=O)N2CCCC2)n1. The van der Waals surface area contributed by atoms with Crippen molar-refractivity contribution in [3.8, 4) is 0 Å². The van der Waals surface area contributed by atoms with Crippen molar-refractivity contribution >= 4 is 11.8 Å². The average Bonchev–Trinajstić information content (AvgIpc) is 3.25. The molecule has 2 amide bonds. The van der Waals surface area contributed by atoms with Crippen LogP contribution in [0.15, 0.2) is 41.0 Å². The molecule has 0 radical (unpaired) electrons. The third-order valence-electron chi connectivity index (χ3n) is 3.60. The molecule has 0 aromatic carbocycles. The van der Waals surface area contributed by atoms with Gasteiger partial charge in [-0.2, -0.15) is 0 Å². The van der Waals surface area contributed by atoms with Gasteiger partial charge in [-0.05, 0) is 37.1 Å². The van der Waals surface area contributed by atoms with Gasteiger partial charge in [0.25, 0.3) is 11.8 Å². The quantitative estimate of drug-likeness (QED) is 0.934. The zero-order valence-corrected chi connectivity index (χ0v) is 12.1. The number of likely N-dealkylation sites (tertiary alicyclic amines) is 1. The minimum atomic E-state index is -0.326. The number of hydrogen-bond donors (Lipinski definition) is 1. The molecule has 1 N–H and O–H groups in total. The number of aromatic nitrogens is 1. The summed E-state index contributed by atoms with van der Waals surface area (Å²) in [7, 11) is 0. The Morgan fingerprint density at radius 2 is 1.91 bits per heavy atom. The Balaban J connectivity index is 1.67. The Hall–Kier alpha value is -2.63. The number of carbonyl (C=O) groups is 2. The summed E-state index contributed by atoms with van der Waals surface area (Å²) in [4.78, 5) is 30.3. The Bertz CT molecular complexity index is 661. The summed E-state index contributed by atoms with van der Waals surface area (Å²) >= 11 is 0. The molecule has 1 saturated heterocycles. The van der Waals surface area contributed by atoms with Crippen LogP contribution in [0.4, 0.5) is 0 Å². The highest BCUT2D eigenvalue weighted by Gasteiger charge is 2.21. The fraction of sp³-hybridized carbons (Fsp3) is 0.312. The Kier molecular flexibility index (Phi) is 4.18. The van der Waals surface area contributed by atoms with Gasteiger partial charge in [-0.3, -0.25) is 9.59 Å². The van der Waals surface area contributed by atoms with Crippen molar-refractivity contribution in [3.63, 3.8) is 0 Å². The standard InChI is InChI=1S/C16H17N3O3/c20-15(17-11-12-5-4-10-22-12)13-6-3-7-14(18-13)16(21)19-8-1-2-9-19/h3-7,10H,1-2,8-9,11H2,(H,17,20). The Labute approximate surface area is 128 Å². The van der Waals surface area contributed by atoms with Crippen LogP contribution in [-0.4, -0.2) is 34.8 Å². The number of hydrogen-bond acceptors (Lipinski definition) is 4. The van der Waals surface area contributed by atoms with Crippen molar-refractivity contribution in [3.05, 3.63) is 53.7 Å². The summed E-state index contributed by atoms with van der Waals surface area (Å²) in [5.74, 6) is 0.225. The topological polar surface area (TPSA) is 75.4 Å². The smallest absolute Gasteiger partial charge is 0.272 e. The van der Waals surface area contributed by atoms with E-state index in [9.17, 15) is 9.59 Å². The normalized spacial score (nSPS) is 14.1. The molecule has 1 fully saturated rings. The molecule has 0 bridgehead atoms. The van der Waals surface area contributed by atoms with Gasteiger partial charge in [-0.25, -0.2) is 4.98 Å². The maximum atomic E-state index is 12.3. The highest BCUT2D eigenvalue weighted by molar-refractivity contribution is 5.96. The Morgan fingerprint density at radius 1 is 1.14 bits per heavy atom. The summed E-state index contributed by atoms with van der Waals surface area (Å²) < 4.78 is 5.15. The third-order valence-corrected chi connectivity index (χ3v) is 3.60. The molecule has 0 saturated carbocycles. The van der Waals surface area contributed by atoms with E-state index >= 15 is 0 Å². The molecule has 0 unspecified atom stereocenters. The molecule has 0 atom stereocenters. The van der Waals surface area contributed by atoms with E-state index in [1.54, 1.807) is 41.5 Å². The maximum absolute atomic E-state index is 12.3.